The van der Waals surface area contributed by atoms with Gasteiger partial charge in [0.2, 0.25) is 15.1 Å². The number of halogens is 2. The van der Waals surface area contributed by atoms with Gasteiger partial charge >= 0.3 is 0 Å². The predicted octanol–water partition coefficient (Wildman–Crippen LogP) is 2.84. The molecular weight excluding hydrogens is 267 g/mol. The molecule has 2 nitrogen and oxygen atoms in total. The first-order chi connectivity index (χ1) is 5.97. The fourth-order valence-electron chi connectivity index (χ4n) is 1.44. The Morgan fingerprint density at radius 1 is 1.00 bits per heavy atom. The molecule has 0 saturated heterocycles. The molecule has 0 saturated carbocycles. The molecule has 14 heavy (non-hydrogen) atoms. The molecule has 0 heterocycles. The molecule has 0 bridgehead atoms. The van der Waals surface area contributed by atoms with E-state index in [4.69, 9.17) is 22.2 Å². The molecule has 1 unspecified atom stereocenters. The Bertz CT molecular complexity index is 213. The van der Waals surface area contributed by atoms with Crippen LogP contribution in [0.3, 0.4) is 0 Å². The van der Waals surface area contributed by atoms with E-state index in [1.807, 2.05) is 12.2 Å². The van der Waals surface area contributed by atoms with Crippen LogP contribution in [-0.4, -0.2) is 23.5 Å². The second-order valence-electron chi connectivity index (χ2n) is 4.63. The zero-order chi connectivity index (χ0) is 11.6. The van der Waals surface area contributed by atoms with Crippen LogP contribution in [0.5, 0.6) is 0 Å². The summed E-state index contributed by atoms with van der Waals surface area (Å²) in [6.07, 6.45) is 0. The summed E-state index contributed by atoms with van der Waals surface area (Å²) >= 11 is 12.6. The highest BCUT2D eigenvalue weighted by atomic mass is 35.6. The van der Waals surface area contributed by atoms with Crippen LogP contribution in [0.15, 0.2) is 12.3 Å². The molecule has 0 amide bonds. The molecule has 0 aliphatic heterocycles. The molecule has 0 spiro atoms. The monoisotopic (exact) mass is 286 g/mol. The Kier molecular flexibility index (Phi) is 5.12. The van der Waals surface area contributed by atoms with Gasteiger partial charge in [0.25, 0.3) is 0 Å². The molecule has 0 fully saturated rings. The Labute approximate surface area is 99.8 Å². The van der Waals surface area contributed by atoms with Crippen molar-refractivity contribution in [3.8, 4) is 0 Å². The summed E-state index contributed by atoms with van der Waals surface area (Å²) in [7, 11) is -5.42. The van der Waals surface area contributed by atoms with Gasteiger partial charge < -0.3 is 9.30 Å². The smallest absolute Gasteiger partial charge is 0.241 e. The average Bonchev–Trinajstić information content (AvgIpc) is 1.78. The topological polar surface area (TPSA) is 24.1 Å². The molecule has 7 heteroatoms. The van der Waals surface area contributed by atoms with Crippen molar-refractivity contribution in [1.82, 2.24) is 9.30 Å². The normalized spacial score (nSPS) is 17.6. The third-order valence-corrected chi connectivity index (χ3v) is 13.8. The van der Waals surface area contributed by atoms with Gasteiger partial charge in [-0.1, -0.05) is 5.70 Å². The van der Waals surface area contributed by atoms with Crippen LogP contribution in [0.25, 0.3) is 0 Å². The first kappa shape index (κ1) is 14.9. The van der Waals surface area contributed by atoms with Gasteiger partial charge in [0.05, 0.1) is 0 Å². The third-order valence-electron chi connectivity index (χ3n) is 1.55. The highest BCUT2D eigenvalue weighted by Gasteiger charge is 2.35. The summed E-state index contributed by atoms with van der Waals surface area (Å²) in [5.41, 5.74) is 1.84. The second-order valence-corrected chi connectivity index (χ2v) is 20.6. The maximum atomic E-state index is 6.31. The van der Waals surface area contributed by atoms with E-state index in [2.05, 4.69) is 42.1 Å². The lowest BCUT2D eigenvalue weighted by Crippen LogP contribution is -2.69. The summed E-state index contributed by atoms with van der Waals surface area (Å²) < 4.78 is 7.02. The van der Waals surface area contributed by atoms with E-state index in [-0.39, 0.29) is 0 Å². The van der Waals surface area contributed by atoms with E-state index in [0.29, 0.717) is 0 Å². The SMILES string of the molecule is C=C[Si](C)(Cl)N[Si](C)(C)N[Si](C)(C)Cl. The molecule has 84 valence electrons. The van der Waals surface area contributed by atoms with Gasteiger partial charge in [-0.25, -0.2) is 0 Å². The molecule has 0 aliphatic rings. The van der Waals surface area contributed by atoms with Gasteiger partial charge in [0.1, 0.15) is 0 Å². The first-order valence-corrected chi connectivity index (χ1v) is 15.2. The summed E-state index contributed by atoms with van der Waals surface area (Å²) in [4.78, 5) is 0. The van der Waals surface area contributed by atoms with Gasteiger partial charge in [-0.05, 0) is 32.7 Å². The lowest BCUT2D eigenvalue weighted by molar-refractivity contribution is 1.22. The minimum atomic E-state index is -1.96. The van der Waals surface area contributed by atoms with Crippen LogP contribution in [0, 0.1) is 0 Å². The lowest BCUT2D eigenvalue weighted by Gasteiger charge is -2.35. The Morgan fingerprint density at radius 3 is 1.71 bits per heavy atom. The summed E-state index contributed by atoms with van der Waals surface area (Å²) in [5, 5.41) is 0. The Balaban J connectivity index is 4.42. The molecular formula is C7H20Cl2N2Si3. The van der Waals surface area contributed by atoms with E-state index in [1.54, 1.807) is 0 Å². The number of rotatable bonds is 5. The molecule has 0 aromatic heterocycles. The summed E-state index contributed by atoms with van der Waals surface area (Å²) in [6, 6.07) is 0. The molecule has 0 radical (unpaired) electrons. The van der Waals surface area contributed by atoms with Crippen LogP contribution in [0.2, 0.25) is 32.7 Å². The van der Waals surface area contributed by atoms with Crippen LogP contribution in [0.1, 0.15) is 0 Å². The van der Waals surface area contributed by atoms with Crippen LogP contribution < -0.4 is 9.30 Å². The maximum Gasteiger partial charge on any atom is 0.241 e. The van der Waals surface area contributed by atoms with Crippen LogP contribution >= 0.6 is 22.2 Å². The molecule has 2 N–H and O–H groups in total. The number of hydrogen-bond donors (Lipinski definition) is 2. The van der Waals surface area contributed by atoms with Crippen molar-refractivity contribution in [2.75, 3.05) is 0 Å². The van der Waals surface area contributed by atoms with Crippen molar-refractivity contribution >= 4 is 45.6 Å². The van der Waals surface area contributed by atoms with Gasteiger partial charge in [0, 0.05) is 0 Å². The molecule has 0 aliphatic carbocycles. The van der Waals surface area contributed by atoms with Gasteiger partial charge in [-0.3, -0.25) is 0 Å². The van der Waals surface area contributed by atoms with E-state index in [9.17, 15) is 0 Å². The summed E-state index contributed by atoms with van der Waals surface area (Å²) in [6.45, 7) is 14.3. The standard InChI is InChI=1S/C7H20Cl2N2Si3/c1-7-14(6,9)11-13(4,5)10-12(2,3)8/h7,10-11H,1H2,2-6H3. The lowest BCUT2D eigenvalue weighted by atomic mass is 11.3. The van der Waals surface area contributed by atoms with E-state index in [1.165, 1.54) is 0 Å². The fourth-order valence-corrected chi connectivity index (χ4v) is 17.7. The summed E-state index contributed by atoms with van der Waals surface area (Å²) in [5.74, 6) is 0. The van der Waals surface area contributed by atoms with Crippen molar-refractivity contribution in [2.45, 2.75) is 32.7 Å². The fraction of sp³-hybridized carbons (Fsp3) is 0.714. The quantitative estimate of drug-likeness (QED) is 0.600. The zero-order valence-electron chi connectivity index (χ0n) is 9.54. The van der Waals surface area contributed by atoms with Crippen molar-refractivity contribution in [3.05, 3.63) is 12.3 Å². The molecule has 1 atom stereocenters. The van der Waals surface area contributed by atoms with Crippen LogP contribution in [-0.2, 0) is 0 Å². The largest absolute Gasteiger partial charge is 0.336 e. The number of nitrogens with one attached hydrogen (secondary N) is 2. The first-order valence-electron chi connectivity index (χ1n) is 4.57. The number of hydrogen-bond acceptors (Lipinski definition) is 2. The minimum absolute atomic E-state index is 1.71. The Hall–Kier alpha value is 0.891. The highest BCUT2D eigenvalue weighted by Crippen LogP contribution is 2.12. The molecule has 0 aromatic carbocycles. The minimum Gasteiger partial charge on any atom is -0.336 e. The van der Waals surface area contributed by atoms with Gasteiger partial charge in [-0.15, -0.1) is 28.7 Å². The average molecular weight is 287 g/mol. The van der Waals surface area contributed by atoms with Crippen molar-refractivity contribution in [2.24, 2.45) is 0 Å². The van der Waals surface area contributed by atoms with Gasteiger partial charge in [0.15, 0.2) is 8.40 Å². The highest BCUT2D eigenvalue weighted by molar-refractivity contribution is 7.26. The van der Waals surface area contributed by atoms with Crippen LogP contribution in [0.4, 0.5) is 0 Å². The van der Waals surface area contributed by atoms with Gasteiger partial charge in [-0.2, -0.15) is 0 Å². The van der Waals surface area contributed by atoms with Crippen molar-refractivity contribution < 1.29 is 0 Å². The second kappa shape index (κ2) is 4.82. The maximum absolute atomic E-state index is 6.31. The molecule has 0 aromatic rings. The zero-order valence-corrected chi connectivity index (χ0v) is 14.1. The Morgan fingerprint density at radius 2 is 1.43 bits per heavy atom. The van der Waals surface area contributed by atoms with Crippen molar-refractivity contribution in [1.29, 1.82) is 0 Å². The molecule has 0 rings (SSSR count). The van der Waals surface area contributed by atoms with E-state index >= 15 is 0 Å². The van der Waals surface area contributed by atoms with E-state index in [0.717, 1.165) is 0 Å². The predicted molar refractivity (Wildman–Crippen MR) is 74.8 cm³/mol. The van der Waals surface area contributed by atoms with E-state index < -0.39 is 23.5 Å². The van der Waals surface area contributed by atoms with Crippen molar-refractivity contribution in [3.63, 3.8) is 0 Å². The third kappa shape index (κ3) is 7.22.